The number of halogens is 2. The van der Waals surface area contributed by atoms with Gasteiger partial charge in [-0.1, -0.05) is 70.7 Å². The molecule has 2 atom stereocenters. The van der Waals surface area contributed by atoms with E-state index < -0.39 is 0 Å². The molecule has 1 aliphatic rings. The molecule has 1 nitrogen and oxygen atoms in total. The molecule has 0 radical (unpaired) electrons. The van der Waals surface area contributed by atoms with Crippen LogP contribution in [-0.4, -0.2) is 6.04 Å². The van der Waals surface area contributed by atoms with Crippen LogP contribution in [0.4, 0.5) is 5.69 Å². The molecule has 0 bridgehead atoms. The minimum atomic E-state index is 0.452. The zero-order valence-corrected chi connectivity index (χ0v) is 14.2. The highest BCUT2D eigenvalue weighted by Gasteiger charge is 2.26. The van der Waals surface area contributed by atoms with Crippen LogP contribution in [0.15, 0.2) is 53.0 Å². The quantitative estimate of drug-likeness (QED) is 0.679. The highest BCUT2D eigenvalue weighted by atomic mass is 79.9. The lowest BCUT2D eigenvalue weighted by atomic mass is 9.80. The first-order valence-electron chi connectivity index (χ1n) is 7.50. The van der Waals surface area contributed by atoms with Crippen molar-refractivity contribution in [3.05, 3.63) is 63.6 Å². The van der Waals surface area contributed by atoms with E-state index in [1.165, 1.54) is 31.2 Å². The largest absolute Gasteiger partial charge is 0.380 e. The Bertz CT molecular complexity index is 599. The highest BCUT2D eigenvalue weighted by molar-refractivity contribution is 9.10. The average Bonchev–Trinajstić information content (AvgIpc) is 2.52. The Labute approximate surface area is 139 Å². The summed E-state index contributed by atoms with van der Waals surface area (Å²) in [6, 6.07) is 17.3. The monoisotopic (exact) mass is 363 g/mol. The van der Waals surface area contributed by atoms with E-state index in [2.05, 4.69) is 57.6 Å². The molecule has 1 aliphatic carbocycles. The second kappa shape index (κ2) is 6.85. The molecule has 0 amide bonds. The minimum absolute atomic E-state index is 0.452. The molecule has 1 fully saturated rings. The van der Waals surface area contributed by atoms with Gasteiger partial charge in [-0.25, -0.2) is 0 Å². The molecule has 2 aromatic carbocycles. The average molecular weight is 365 g/mol. The van der Waals surface area contributed by atoms with E-state index in [-0.39, 0.29) is 0 Å². The van der Waals surface area contributed by atoms with Gasteiger partial charge in [0.05, 0.1) is 10.7 Å². The minimum Gasteiger partial charge on any atom is -0.380 e. The zero-order chi connectivity index (χ0) is 14.7. The molecular formula is C18H19BrClN. The maximum atomic E-state index is 6.33. The third-order valence-corrected chi connectivity index (χ3v) is 5.09. The number of anilines is 1. The highest BCUT2D eigenvalue weighted by Crippen LogP contribution is 2.36. The van der Waals surface area contributed by atoms with Gasteiger partial charge in [0.25, 0.3) is 0 Å². The Kier molecular flexibility index (Phi) is 4.87. The number of hydrogen-bond acceptors (Lipinski definition) is 1. The standard InChI is InChI=1S/C18H19BrClN/c19-14-10-11-16(20)18(12-14)21-17-9-5-4-8-15(17)13-6-2-1-3-7-13/h1-3,6-7,10-12,15,17,21H,4-5,8-9H2. The second-order valence-corrected chi connectivity index (χ2v) is 7.00. The van der Waals surface area contributed by atoms with Gasteiger partial charge in [0.15, 0.2) is 0 Å². The van der Waals surface area contributed by atoms with Crippen molar-refractivity contribution < 1.29 is 0 Å². The van der Waals surface area contributed by atoms with Gasteiger partial charge >= 0.3 is 0 Å². The molecule has 2 unspecified atom stereocenters. The topological polar surface area (TPSA) is 12.0 Å². The van der Waals surface area contributed by atoms with Crippen LogP contribution >= 0.6 is 27.5 Å². The molecule has 0 saturated heterocycles. The molecule has 0 aliphatic heterocycles. The summed E-state index contributed by atoms with van der Waals surface area (Å²) in [4.78, 5) is 0. The van der Waals surface area contributed by atoms with E-state index in [0.717, 1.165) is 15.2 Å². The van der Waals surface area contributed by atoms with Gasteiger partial charge in [-0.05, 0) is 36.6 Å². The summed E-state index contributed by atoms with van der Waals surface area (Å²) in [5.74, 6) is 0.565. The third kappa shape index (κ3) is 3.61. The van der Waals surface area contributed by atoms with Gasteiger partial charge in [0, 0.05) is 16.4 Å². The predicted octanol–water partition coefficient (Wildman–Crippen LogP) is 6.24. The van der Waals surface area contributed by atoms with Crippen molar-refractivity contribution in [2.75, 3.05) is 5.32 Å². The fourth-order valence-electron chi connectivity index (χ4n) is 3.21. The van der Waals surface area contributed by atoms with Crippen LogP contribution in [0.1, 0.15) is 37.2 Å². The summed E-state index contributed by atoms with van der Waals surface area (Å²) in [5, 5.41) is 4.46. The van der Waals surface area contributed by atoms with Crippen molar-refractivity contribution in [1.82, 2.24) is 0 Å². The van der Waals surface area contributed by atoms with Crippen molar-refractivity contribution in [3.8, 4) is 0 Å². The fourth-order valence-corrected chi connectivity index (χ4v) is 3.74. The Hall–Kier alpha value is -0.990. The number of hydrogen-bond donors (Lipinski definition) is 1. The molecule has 2 aromatic rings. The summed E-state index contributed by atoms with van der Waals surface area (Å²) in [5.41, 5.74) is 2.46. The Morgan fingerprint density at radius 1 is 1.00 bits per heavy atom. The molecular weight excluding hydrogens is 346 g/mol. The maximum Gasteiger partial charge on any atom is 0.0638 e. The normalized spacial score (nSPS) is 22.0. The molecule has 1 N–H and O–H groups in total. The first-order valence-corrected chi connectivity index (χ1v) is 8.67. The molecule has 3 heteroatoms. The predicted molar refractivity (Wildman–Crippen MR) is 94.2 cm³/mol. The number of benzene rings is 2. The van der Waals surface area contributed by atoms with Gasteiger partial charge < -0.3 is 5.32 Å². The number of rotatable bonds is 3. The third-order valence-electron chi connectivity index (χ3n) is 4.26. The van der Waals surface area contributed by atoms with Gasteiger partial charge in [0.2, 0.25) is 0 Å². The number of nitrogens with one attached hydrogen (secondary N) is 1. The first-order chi connectivity index (χ1) is 10.2. The molecule has 21 heavy (non-hydrogen) atoms. The van der Waals surface area contributed by atoms with E-state index in [1.807, 2.05) is 12.1 Å². The SMILES string of the molecule is Clc1ccc(Br)cc1NC1CCCCC1c1ccccc1. The lowest BCUT2D eigenvalue weighted by molar-refractivity contribution is 0.405. The van der Waals surface area contributed by atoms with Crippen LogP contribution in [0, 0.1) is 0 Å². The summed E-state index contributed by atoms with van der Waals surface area (Å²) in [6.45, 7) is 0. The van der Waals surface area contributed by atoms with Crippen molar-refractivity contribution in [2.24, 2.45) is 0 Å². The lowest BCUT2D eigenvalue weighted by Crippen LogP contribution is -2.30. The van der Waals surface area contributed by atoms with E-state index >= 15 is 0 Å². The van der Waals surface area contributed by atoms with Gasteiger partial charge in [-0.3, -0.25) is 0 Å². The van der Waals surface area contributed by atoms with Crippen LogP contribution in [0.2, 0.25) is 5.02 Å². The van der Waals surface area contributed by atoms with Crippen LogP contribution in [0.3, 0.4) is 0 Å². The van der Waals surface area contributed by atoms with Gasteiger partial charge in [0.1, 0.15) is 0 Å². The van der Waals surface area contributed by atoms with Crippen LogP contribution < -0.4 is 5.32 Å². The van der Waals surface area contributed by atoms with E-state index in [1.54, 1.807) is 0 Å². The van der Waals surface area contributed by atoms with Crippen molar-refractivity contribution in [1.29, 1.82) is 0 Å². The molecule has 110 valence electrons. The Balaban J connectivity index is 1.83. The van der Waals surface area contributed by atoms with E-state index in [4.69, 9.17) is 11.6 Å². The fraction of sp³-hybridized carbons (Fsp3) is 0.333. The summed E-state index contributed by atoms with van der Waals surface area (Å²) < 4.78 is 1.06. The van der Waals surface area contributed by atoms with E-state index in [9.17, 15) is 0 Å². The zero-order valence-electron chi connectivity index (χ0n) is 11.9. The maximum absolute atomic E-state index is 6.33. The molecule has 3 rings (SSSR count). The molecule has 0 heterocycles. The van der Waals surface area contributed by atoms with Crippen LogP contribution in [0.25, 0.3) is 0 Å². The van der Waals surface area contributed by atoms with Crippen molar-refractivity contribution in [3.63, 3.8) is 0 Å². The Morgan fingerprint density at radius 2 is 1.76 bits per heavy atom. The summed E-state index contributed by atoms with van der Waals surface area (Å²) in [7, 11) is 0. The van der Waals surface area contributed by atoms with Gasteiger partial charge in [-0.15, -0.1) is 0 Å². The smallest absolute Gasteiger partial charge is 0.0638 e. The van der Waals surface area contributed by atoms with Crippen LogP contribution in [-0.2, 0) is 0 Å². The second-order valence-electron chi connectivity index (χ2n) is 5.68. The summed E-state index contributed by atoms with van der Waals surface area (Å²) in [6.07, 6.45) is 5.03. The molecule has 0 spiro atoms. The Morgan fingerprint density at radius 3 is 2.57 bits per heavy atom. The molecule has 0 aromatic heterocycles. The summed E-state index contributed by atoms with van der Waals surface area (Å²) >= 11 is 9.85. The van der Waals surface area contributed by atoms with Gasteiger partial charge in [-0.2, -0.15) is 0 Å². The van der Waals surface area contributed by atoms with Crippen molar-refractivity contribution >= 4 is 33.2 Å². The van der Waals surface area contributed by atoms with E-state index in [0.29, 0.717) is 12.0 Å². The lowest BCUT2D eigenvalue weighted by Gasteiger charge is -2.33. The van der Waals surface area contributed by atoms with Crippen LogP contribution in [0.5, 0.6) is 0 Å². The molecule has 1 saturated carbocycles. The first kappa shape index (κ1) is 14.9. The van der Waals surface area contributed by atoms with Crippen molar-refractivity contribution in [2.45, 2.75) is 37.6 Å².